The Labute approximate surface area is 133 Å². The molecule has 1 amide bonds. The summed E-state index contributed by atoms with van der Waals surface area (Å²) >= 11 is 0. The number of aryl methyl sites for hydroxylation is 1. The quantitative estimate of drug-likeness (QED) is 0.727. The van der Waals surface area contributed by atoms with Crippen molar-refractivity contribution in [2.75, 3.05) is 6.54 Å². The maximum absolute atomic E-state index is 12.0. The third kappa shape index (κ3) is 4.27. The Morgan fingerprint density at radius 1 is 1.22 bits per heavy atom. The first-order valence-corrected chi connectivity index (χ1v) is 8.42. The van der Waals surface area contributed by atoms with Crippen molar-refractivity contribution in [3.8, 4) is 0 Å². The number of carbonyl (C=O) groups excluding carboxylic acids is 1. The summed E-state index contributed by atoms with van der Waals surface area (Å²) in [6.45, 7) is 2.01. The van der Waals surface area contributed by atoms with Crippen molar-refractivity contribution >= 4 is 15.9 Å². The number of sulfonamides is 1. The minimum atomic E-state index is -3.71. The Morgan fingerprint density at radius 2 is 1.87 bits per heavy atom. The highest BCUT2D eigenvalue weighted by Crippen LogP contribution is 2.09. The summed E-state index contributed by atoms with van der Waals surface area (Å²) < 4.78 is 22.3. The van der Waals surface area contributed by atoms with Gasteiger partial charge in [-0.05, 0) is 42.7 Å². The zero-order valence-electron chi connectivity index (χ0n) is 12.5. The lowest BCUT2D eigenvalue weighted by Crippen LogP contribution is -2.31. The molecular formula is C15H17N3O4S. The summed E-state index contributed by atoms with van der Waals surface area (Å²) in [7, 11) is -3.71. The SMILES string of the molecule is Cc1cc[nH]c(=O)c1C(=O)NCCc1ccc(S(N)(=O)=O)cc1. The summed E-state index contributed by atoms with van der Waals surface area (Å²) in [4.78, 5) is 26.2. The summed E-state index contributed by atoms with van der Waals surface area (Å²) in [6, 6.07) is 7.75. The Bertz CT molecular complexity index is 870. The number of aromatic amines is 1. The zero-order valence-corrected chi connectivity index (χ0v) is 13.3. The van der Waals surface area contributed by atoms with Crippen LogP contribution in [0.3, 0.4) is 0 Å². The molecule has 0 unspecified atom stereocenters. The van der Waals surface area contributed by atoms with Gasteiger partial charge in [-0.2, -0.15) is 0 Å². The number of nitrogens with two attached hydrogens (primary N) is 1. The van der Waals surface area contributed by atoms with Crippen molar-refractivity contribution in [2.45, 2.75) is 18.2 Å². The fourth-order valence-electron chi connectivity index (χ4n) is 2.11. The first-order valence-electron chi connectivity index (χ1n) is 6.87. The molecule has 23 heavy (non-hydrogen) atoms. The molecule has 0 saturated carbocycles. The van der Waals surface area contributed by atoms with Gasteiger partial charge in [0.2, 0.25) is 10.0 Å². The molecule has 1 heterocycles. The van der Waals surface area contributed by atoms with Gasteiger partial charge in [0.1, 0.15) is 5.56 Å². The molecular weight excluding hydrogens is 318 g/mol. The van der Waals surface area contributed by atoms with E-state index in [0.717, 1.165) is 5.56 Å². The second-order valence-electron chi connectivity index (χ2n) is 5.06. The van der Waals surface area contributed by atoms with Crippen LogP contribution in [0.25, 0.3) is 0 Å². The topological polar surface area (TPSA) is 122 Å². The minimum Gasteiger partial charge on any atom is -0.352 e. The highest BCUT2D eigenvalue weighted by molar-refractivity contribution is 7.89. The van der Waals surface area contributed by atoms with Crippen LogP contribution in [0.4, 0.5) is 0 Å². The van der Waals surface area contributed by atoms with Gasteiger partial charge >= 0.3 is 0 Å². The Kier molecular flexibility index (Phi) is 4.97. The number of nitrogens with one attached hydrogen (secondary N) is 2. The van der Waals surface area contributed by atoms with Crippen molar-refractivity contribution in [2.24, 2.45) is 5.14 Å². The van der Waals surface area contributed by atoms with Crippen molar-refractivity contribution in [3.05, 3.63) is 63.6 Å². The molecule has 122 valence electrons. The van der Waals surface area contributed by atoms with Gasteiger partial charge in [0, 0.05) is 12.7 Å². The number of H-pyrrole nitrogens is 1. The molecule has 0 saturated heterocycles. The van der Waals surface area contributed by atoms with E-state index in [1.165, 1.54) is 18.3 Å². The minimum absolute atomic E-state index is 0.0386. The van der Waals surface area contributed by atoms with Crippen molar-refractivity contribution in [1.29, 1.82) is 0 Å². The van der Waals surface area contributed by atoms with Crippen molar-refractivity contribution < 1.29 is 13.2 Å². The summed E-state index contributed by atoms with van der Waals surface area (Å²) in [5, 5.41) is 7.69. The predicted molar refractivity (Wildman–Crippen MR) is 85.7 cm³/mol. The van der Waals surface area contributed by atoms with E-state index in [-0.39, 0.29) is 10.5 Å². The molecule has 0 fully saturated rings. The number of hydrogen-bond donors (Lipinski definition) is 3. The molecule has 0 aliphatic heterocycles. The van der Waals surface area contributed by atoms with E-state index in [2.05, 4.69) is 10.3 Å². The van der Waals surface area contributed by atoms with Gasteiger partial charge in [0.15, 0.2) is 0 Å². The number of benzene rings is 1. The maximum atomic E-state index is 12.0. The molecule has 0 aliphatic rings. The molecule has 0 spiro atoms. The van der Waals surface area contributed by atoms with Crippen LogP contribution in [0, 0.1) is 6.92 Å². The second kappa shape index (κ2) is 6.76. The normalized spacial score (nSPS) is 11.2. The van der Waals surface area contributed by atoms with Gasteiger partial charge in [-0.1, -0.05) is 12.1 Å². The summed E-state index contributed by atoms with van der Waals surface area (Å²) in [5.74, 6) is -0.439. The van der Waals surface area contributed by atoms with E-state index in [1.807, 2.05) is 0 Å². The van der Waals surface area contributed by atoms with Crippen LogP contribution in [0.1, 0.15) is 21.5 Å². The molecule has 0 radical (unpaired) electrons. The summed E-state index contributed by atoms with van der Waals surface area (Å²) in [6.07, 6.45) is 1.99. The van der Waals surface area contributed by atoms with Crippen LogP contribution in [0.15, 0.2) is 46.2 Å². The molecule has 8 heteroatoms. The lowest BCUT2D eigenvalue weighted by molar-refractivity contribution is 0.0952. The van der Waals surface area contributed by atoms with Crippen LogP contribution in [-0.4, -0.2) is 25.9 Å². The molecule has 2 aromatic rings. The van der Waals surface area contributed by atoms with Gasteiger partial charge < -0.3 is 10.3 Å². The van der Waals surface area contributed by atoms with Gasteiger partial charge in [-0.25, -0.2) is 13.6 Å². The predicted octanol–water partition coefficient (Wildman–Crippen LogP) is 0.303. The molecule has 1 aromatic carbocycles. The van der Waals surface area contributed by atoms with Gasteiger partial charge in [-0.3, -0.25) is 9.59 Å². The largest absolute Gasteiger partial charge is 0.352 e. The van der Waals surface area contributed by atoms with Crippen LogP contribution >= 0.6 is 0 Å². The number of rotatable bonds is 5. The monoisotopic (exact) mass is 335 g/mol. The lowest BCUT2D eigenvalue weighted by atomic mass is 10.1. The molecule has 0 bridgehead atoms. The van der Waals surface area contributed by atoms with E-state index in [9.17, 15) is 18.0 Å². The fourth-order valence-corrected chi connectivity index (χ4v) is 2.63. The average Bonchev–Trinajstić information content (AvgIpc) is 2.46. The number of primary sulfonamides is 1. The van der Waals surface area contributed by atoms with E-state index >= 15 is 0 Å². The van der Waals surface area contributed by atoms with Crippen LogP contribution in [0.2, 0.25) is 0 Å². The average molecular weight is 335 g/mol. The molecule has 0 aliphatic carbocycles. The third-order valence-corrected chi connectivity index (χ3v) is 4.28. The Hall–Kier alpha value is -2.45. The second-order valence-corrected chi connectivity index (χ2v) is 6.62. The first-order chi connectivity index (χ1) is 10.8. The smallest absolute Gasteiger partial charge is 0.261 e. The number of carbonyl (C=O) groups is 1. The van der Waals surface area contributed by atoms with Crippen molar-refractivity contribution in [1.82, 2.24) is 10.3 Å². The zero-order chi connectivity index (χ0) is 17.0. The van der Waals surface area contributed by atoms with E-state index in [4.69, 9.17) is 5.14 Å². The first kappa shape index (κ1) is 16.9. The van der Waals surface area contributed by atoms with Gasteiger partial charge in [0.25, 0.3) is 11.5 Å². The molecule has 7 nitrogen and oxygen atoms in total. The van der Waals surface area contributed by atoms with Crippen molar-refractivity contribution in [3.63, 3.8) is 0 Å². The Morgan fingerprint density at radius 3 is 2.43 bits per heavy atom. The fraction of sp³-hybridized carbons (Fsp3) is 0.200. The Balaban J connectivity index is 1.97. The van der Waals surface area contributed by atoms with Crippen LogP contribution < -0.4 is 16.0 Å². The molecule has 0 atom stereocenters. The molecule has 1 aromatic heterocycles. The lowest BCUT2D eigenvalue weighted by Gasteiger charge is -2.07. The number of hydrogen-bond acceptors (Lipinski definition) is 4. The van der Waals surface area contributed by atoms with E-state index in [0.29, 0.717) is 18.5 Å². The van der Waals surface area contributed by atoms with Gasteiger partial charge in [0.05, 0.1) is 4.90 Å². The van der Waals surface area contributed by atoms with E-state index in [1.54, 1.807) is 25.1 Å². The van der Waals surface area contributed by atoms with Crippen LogP contribution in [0.5, 0.6) is 0 Å². The number of aromatic nitrogens is 1. The third-order valence-electron chi connectivity index (χ3n) is 3.35. The maximum Gasteiger partial charge on any atom is 0.261 e. The molecule has 2 rings (SSSR count). The van der Waals surface area contributed by atoms with E-state index < -0.39 is 21.5 Å². The number of amides is 1. The highest BCUT2D eigenvalue weighted by atomic mass is 32.2. The van der Waals surface area contributed by atoms with Crippen LogP contribution in [-0.2, 0) is 16.4 Å². The number of pyridine rings is 1. The summed E-state index contributed by atoms with van der Waals surface area (Å²) in [5.41, 5.74) is 1.11. The molecule has 4 N–H and O–H groups in total. The standard InChI is InChI=1S/C15H17N3O4S/c1-10-6-8-17-14(19)13(10)15(20)18-9-7-11-2-4-12(5-3-11)23(16,21)22/h2-6,8H,7,9H2,1H3,(H,17,19)(H,18,20)(H2,16,21,22). The van der Waals surface area contributed by atoms with Gasteiger partial charge in [-0.15, -0.1) is 0 Å². The highest BCUT2D eigenvalue weighted by Gasteiger charge is 2.12.